The molecule has 1 aromatic heterocycles. The number of carbonyl (C=O) groups excluding carboxylic acids is 1. The minimum absolute atomic E-state index is 0.0932. The fraction of sp³-hybridized carbons (Fsp3) is 0.474. The molecule has 2 aromatic rings. The van der Waals surface area contributed by atoms with Crippen molar-refractivity contribution >= 4 is 5.78 Å². The number of hydrogen-bond donors (Lipinski definition) is 1. The zero-order valence-electron chi connectivity index (χ0n) is 13.6. The first-order valence-corrected chi connectivity index (χ1v) is 8.37. The molecule has 1 saturated carbocycles. The van der Waals surface area contributed by atoms with Gasteiger partial charge in [-0.2, -0.15) is 5.10 Å². The van der Waals surface area contributed by atoms with Crippen molar-refractivity contribution in [2.75, 3.05) is 7.11 Å². The van der Waals surface area contributed by atoms with Crippen molar-refractivity contribution in [1.82, 2.24) is 10.2 Å². The van der Waals surface area contributed by atoms with Gasteiger partial charge in [-0.3, -0.25) is 9.89 Å². The van der Waals surface area contributed by atoms with Gasteiger partial charge in [0.1, 0.15) is 11.5 Å². The van der Waals surface area contributed by atoms with Crippen LogP contribution in [0.3, 0.4) is 0 Å². The minimum Gasteiger partial charge on any atom is -0.497 e. The number of nitrogens with zero attached hydrogens (tertiary/aromatic N) is 1. The Labute approximate surface area is 136 Å². The second-order valence-electron chi connectivity index (χ2n) is 6.86. The summed E-state index contributed by atoms with van der Waals surface area (Å²) in [5, 5.41) is 7.68. The Bertz CT molecular complexity index is 734. The maximum atomic E-state index is 12.3. The van der Waals surface area contributed by atoms with Gasteiger partial charge in [0, 0.05) is 24.0 Å². The highest BCUT2D eigenvalue weighted by molar-refractivity contribution is 5.83. The SMILES string of the molecule is COc1ccc([C@]23CCC(=O)[C@@H](C)[C@@H]2CCc2c[nH]nc23)cc1. The van der Waals surface area contributed by atoms with Crippen LogP contribution in [0.1, 0.15) is 43.0 Å². The van der Waals surface area contributed by atoms with E-state index in [0.29, 0.717) is 18.1 Å². The number of rotatable bonds is 2. The molecule has 0 saturated heterocycles. The number of fused-ring (bicyclic) bond motifs is 3. The molecule has 4 rings (SSSR count). The van der Waals surface area contributed by atoms with Crippen LogP contribution >= 0.6 is 0 Å². The third-order valence-electron chi connectivity index (χ3n) is 5.98. The predicted molar refractivity (Wildman–Crippen MR) is 87.6 cm³/mol. The molecule has 120 valence electrons. The van der Waals surface area contributed by atoms with Gasteiger partial charge >= 0.3 is 0 Å². The molecule has 0 bridgehead atoms. The molecule has 1 heterocycles. The van der Waals surface area contributed by atoms with Crippen LogP contribution in [0, 0.1) is 11.8 Å². The van der Waals surface area contributed by atoms with Gasteiger partial charge < -0.3 is 4.74 Å². The van der Waals surface area contributed by atoms with E-state index in [1.54, 1.807) is 7.11 Å². The molecule has 0 unspecified atom stereocenters. The van der Waals surface area contributed by atoms with Crippen LogP contribution in [-0.4, -0.2) is 23.1 Å². The lowest BCUT2D eigenvalue weighted by Gasteiger charge is -2.49. The lowest BCUT2D eigenvalue weighted by Crippen LogP contribution is -2.49. The molecular formula is C19H22N2O2. The van der Waals surface area contributed by atoms with E-state index in [-0.39, 0.29) is 11.3 Å². The number of ether oxygens (including phenoxy) is 1. The summed E-state index contributed by atoms with van der Waals surface area (Å²) in [4.78, 5) is 12.3. The van der Waals surface area contributed by atoms with Crippen molar-refractivity contribution in [3.05, 3.63) is 47.3 Å². The first-order chi connectivity index (χ1) is 11.2. The topological polar surface area (TPSA) is 55.0 Å². The Balaban J connectivity index is 1.90. The Kier molecular flexibility index (Phi) is 3.29. The third kappa shape index (κ3) is 1.97. The first-order valence-electron chi connectivity index (χ1n) is 8.37. The van der Waals surface area contributed by atoms with E-state index in [2.05, 4.69) is 29.3 Å². The molecule has 2 aliphatic rings. The van der Waals surface area contributed by atoms with Gasteiger partial charge in [-0.15, -0.1) is 0 Å². The normalized spacial score (nSPS) is 29.7. The second-order valence-corrected chi connectivity index (χ2v) is 6.86. The summed E-state index contributed by atoms with van der Waals surface area (Å²) in [6.07, 6.45) is 5.57. The Morgan fingerprint density at radius 3 is 2.78 bits per heavy atom. The highest BCUT2D eigenvalue weighted by Crippen LogP contribution is 2.54. The minimum atomic E-state index is -0.146. The summed E-state index contributed by atoms with van der Waals surface area (Å²) in [7, 11) is 1.68. The fourth-order valence-electron chi connectivity index (χ4n) is 4.76. The van der Waals surface area contributed by atoms with E-state index in [0.717, 1.165) is 30.7 Å². The molecule has 0 spiro atoms. The molecule has 0 amide bonds. The predicted octanol–water partition coefficient (Wildman–Crippen LogP) is 3.27. The molecule has 0 aliphatic heterocycles. The molecule has 1 N–H and O–H groups in total. The van der Waals surface area contributed by atoms with Crippen LogP contribution in [-0.2, 0) is 16.6 Å². The lowest BCUT2D eigenvalue weighted by atomic mass is 9.53. The van der Waals surface area contributed by atoms with Gasteiger partial charge in [0.25, 0.3) is 0 Å². The van der Waals surface area contributed by atoms with Crippen LogP contribution in [0.25, 0.3) is 0 Å². The van der Waals surface area contributed by atoms with Crippen molar-refractivity contribution in [1.29, 1.82) is 0 Å². The summed E-state index contributed by atoms with van der Waals surface area (Å²) in [5.74, 6) is 1.68. The number of aromatic amines is 1. The molecule has 4 heteroatoms. The van der Waals surface area contributed by atoms with Crippen LogP contribution in [0.15, 0.2) is 30.5 Å². The standard InChI is InChI=1S/C19H22N2O2/c1-12-16-8-3-13-11-20-21-18(13)19(16,10-9-17(12)22)14-4-6-15(23-2)7-5-14/h4-7,11-12,16H,3,8-10H2,1-2H3,(H,20,21)/t12-,16-,19+/m0/s1. The summed E-state index contributed by atoms with van der Waals surface area (Å²) in [5.41, 5.74) is 3.57. The largest absolute Gasteiger partial charge is 0.497 e. The van der Waals surface area contributed by atoms with E-state index in [1.165, 1.54) is 11.1 Å². The van der Waals surface area contributed by atoms with Crippen molar-refractivity contribution in [3.8, 4) is 5.75 Å². The second kappa shape index (κ2) is 5.22. The zero-order chi connectivity index (χ0) is 16.0. The van der Waals surface area contributed by atoms with Gasteiger partial charge in [-0.1, -0.05) is 19.1 Å². The third-order valence-corrected chi connectivity index (χ3v) is 5.98. The number of ketones is 1. The number of nitrogens with one attached hydrogen (secondary N) is 1. The van der Waals surface area contributed by atoms with Gasteiger partial charge in [-0.25, -0.2) is 0 Å². The molecule has 3 atom stereocenters. The summed E-state index contributed by atoms with van der Waals surface area (Å²) >= 11 is 0. The zero-order valence-corrected chi connectivity index (χ0v) is 13.6. The van der Waals surface area contributed by atoms with Crippen LogP contribution in [0.2, 0.25) is 0 Å². The average molecular weight is 310 g/mol. The van der Waals surface area contributed by atoms with Crippen molar-refractivity contribution in [2.45, 2.75) is 38.0 Å². The lowest BCUT2D eigenvalue weighted by molar-refractivity contribution is -0.128. The molecule has 1 aromatic carbocycles. The summed E-state index contributed by atoms with van der Waals surface area (Å²) < 4.78 is 5.31. The fourth-order valence-corrected chi connectivity index (χ4v) is 4.76. The van der Waals surface area contributed by atoms with E-state index in [1.807, 2.05) is 18.3 Å². The van der Waals surface area contributed by atoms with Crippen LogP contribution in [0.5, 0.6) is 5.75 Å². The summed E-state index contributed by atoms with van der Waals surface area (Å²) in [6.45, 7) is 2.10. The van der Waals surface area contributed by atoms with Crippen molar-refractivity contribution < 1.29 is 9.53 Å². The molecule has 1 fully saturated rings. The molecule has 2 aliphatic carbocycles. The highest BCUT2D eigenvalue weighted by atomic mass is 16.5. The van der Waals surface area contributed by atoms with Gasteiger partial charge in [-0.05, 0) is 48.4 Å². The maximum Gasteiger partial charge on any atom is 0.136 e. The number of carbonyl (C=O) groups is 1. The Morgan fingerprint density at radius 1 is 1.26 bits per heavy atom. The number of hydrogen-bond acceptors (Lipinski definition) is 3. The number of aryl methyl sites for hydroxylation is 1. The molecular weight excluding hydrogens is 288 g/mol. The highest BCUT2D eigenvalue weighted by Gasteiger charge is 2.53. The van der Waals surface area contributed by atoms with Crippen LogP contribution in [0.4, 0.5) is 0 Å². The Morgan fingerprint density at radius 2 is 2.04 bits per heavy atom. The summed E-state index contributed by atoms with van der Waals surface area (Å²) in [6, 6.07) is 8.34. The van der Waals surface area contributed by atoms with Crippen molar-refractivity contribution in [2.24, 2.45) is 11.8 Å². The number of Topliss-reactive ketones (excluding diaryl/α,β-unsaturated/α-hetero) is 1. The maximum absolute atomic E-state index is 12.3. The van der Waals surface area contributed by atoms with Gasteiger partial charge in [0.15, 0.2) is 0 Å². The van der Waals surface area contributed by atoms with E-state index in [9.17, 15) is 4.79 Å². The van der Waals surface area contributed by atoms with E-state index < -0.39 is 0 Å². The number of benzene rings is 1. The Hall–Kier alpha value is -2.10. The monoisotopic (exact) mass is 310 g/mol. The molecule has 0 radical (unpaired) electrons. The molecule has 23 heavy (non-hydrogen) atoms. The van der Waals surface area contributed by atoms with E-state index in [4.69, 9.17) is 4.74 Å². The smallest absolute Gasteiger partial charge is 0.136 e. The molecule has 4 nitrogen and oxygen atoms in total. The number of H-pyrrole nitrogens is 1. The number of methoxy groups -OCH3 is 1. The van der Waals surface area contributed by atoms with Gasteiger partial charge in [0.2, 0.25) is 0 Å². The van der Waals surface area contributed by atoms with E-state index >= 15 is 0 Å². The first kappa shape index (κ1) is 14.5. The quantitative estimate of drug-likeness (QED) is 0.926. The average Bonchev–Trinajstić information content (AvgIpc) is 3.07. The number of aromatic nitrogens is 2. The van der Waals surface area contributed by atoms with Crippen molar-refractivity contribution in [3.63, 3.8) is 0 Å². The van der Waals surface area contributed by atoms with Crippen LogP contribution < -0.4 is 4.74 Å². The van der Waals surface area contributed by atoms with Gasteiger partial charge in [0.05, 0.1) is 12.8 Å².